The fourth-order valence-electron chi connectivity index (χ4n) is 6.10. The first-order chi connectivity index (χ1) is 14.2. The molecule has 0 N–H and O–H groups in total. The Bertz CT molecular complexity index is 858. The van der Waals surface area contributed by atoms with Gasteiger partial charge in [-0.1, -0.05) is 61.7 Å². The summed E-state index contributed by atoms with van der Waals surface area (Å²) >= 11 is 0. The largest absolute Gasteiger partial charge is 0.331 e. The minimum Gasteiger partial charge on any atom is -0.331 e. The van der Waals surface area contributed by atoms with Crippen LogP contribution in [0, 0.1) is 18.8 Å². The first kappa shape index (κ1) is 18.9. The second-order valence-electron chi connectivity index (χ2n) is 9.29. The van der Waals surface area contributed by atoms with Crippen molar-refractivity contribution in [1.29, 1.82) is 0 Å². The van der Waals surface area contributed by atoms with Crippen molar-refractivity contribution in [2.24, 2.45) is 11.8 Å². The second-order valence-corrected chi connectivity index (χ2v) is 9.29. The van der Waals surface area contributed by atoms with Crippen LogP contribution in [0.4, 0.5) is 0 Å². The number of benzene rings is 2. The van der Waals surface area contributed by atoms with Gasteiger partial charge in [0.1, 0.15) is 0 Å². The number of amides is 1. The molecule has 2 aliphatic heterocycles. The molecule has 3 heteroatoms. The number of nitrogens with zero attached hydrogens (tertiary/aromatic N) is 2. The fraction of sp³-hybridized carbons (Fsp3) is 0.500. The van der Waals surface area contributed by atoms with E-state index in [4.69, 9.17) is 0 Å². The molecule has 5 rings (SSSR count). The van der Waals surface area contributed by atoms with Gasteiger partial charge < -0.3 is 4.90 Å². The van der Waals surface area contributed by atoms with Crippen LogP contribution in [0.1, 0.15) is 59.6 Å². The smallest absolute Gasteiger partial charge is 0.254 e. The Morgan fingerprint density at radius 2 is 1.59 bits per heavy atom. The predicted octanol–water partition coefficient (Wildman–Crippen LogP) is 5.07. The Kier molecular flexibility index (Phi) is 5.17. The Morgan fingerprint density at radius 3 is 2.34 bits per heavy atom. The Balaban J connectivity index is 1.45. The molecule has 3 fully saturated rings. The quantitative estimate of drug-likeness (QED) is 0.733. The second kappa shape index (κ2) is 7.95. The molecule has 3 aliphatic rings. The molecule has 2 aromatic rings. The molecule has 29 heavy (non-hydrogen) atoms. The number of rotatable bonds is 3. The van der Waals surface area contributed by atoms with E-state index < -0.39 is 0 Å². The summed E-state index contributed by atoms with van der Waals surface area (Å²) in [6.07, 6.45) is 6.90. The van der Waals surface area contributed by atoms with E-state index in [0.29, 0.717) is 11.8 Å². The summed E-state index contributed by atoms with van der Waals surface area (Å²) in [4.78, 5) is 18.4. The molecular weight excluding hydrogens is 356 g/mol. The van der Waals surface area contributed by atoms with Gasteiger partial charge in [0.2, 0.25) is 0 Å². The molecule has 0 unspecified atom stereocenters. The first-order valence-corrected chi connectivity index (χ1v) is 11.4. The maximum Gasteiger partial charge on any atom is 0.254 e. The van der Waals surface area contributed by atoms with Gasteiger partial charge in [-0.2, -0.15) is 0 Å². The summed E-state index contributed by atoms with van der Waals surface area (Å²) in [5.74, 6) is 1.33. The maximum absolute atomic E-state index is 13.5. The molecule has 3 atom stereocenters. The van der Waals surface area contributed by atoms with Crippen molar-refractivity contribution < 1.29 is 4.79 Å². The Hall–Kier alpha value is -2.13. The average molecular weight is 389 g/mol. The van der Waals surface area contributed by atoms with E-state index in [1.165, 1.54) is 43.2 Å². The first-order valence-electron chi connectivity index (χ1n) is 11.4. The highest BCUT2D eigenvalue weighted by atomic mass is 16.2. The molecular formula is C26H32N2O. The number of likely N-dealkylation sites (tertiary alicyclic amines) is 2. The zero-order chi connectivity index (χ0) is 19.8. The molecule has 0 aromatic heterocycles. The summed E-state index contributed by atoms with van der Waals surface area (Å²) in [5.41, 5.74) is 3.46. The highest BCUT2D eigenvalue weighted by molar-refractivity contribution is 5.94. The van der Waals surface area contributed by atoms with Crippen LogP contribution >= 0.6 is 0 Å². The van der Waals surface area contributed by atoms with Gasteiger partial charge in [0.05, 0.1) is 6.04 Å². The van der Waals surface area contributed by atoms with Crippen molar-refractivity contribution in [2.75, 3.05) is 19.6 Å². The Morgan fingerprint density at radius 1 is 0.862 bits per heavy atom. The predicted molar refractivity (Wildman–Crippen MR) is 117 cm³/mol. The summed E-state index contributed by atoms with van der Waals surface area (Å²) < 4.78 is 0. The van der Waals surface area contributed by atoms with E-state index >= 15 is 0 Å². The minimum absolute atomic E-state index is 0.192. The van der Waals surface area contributed by atoms with Gasteiger partial charge in [0, 0.05) is 37.2 Å². The molecule has 1 saturated carbocycles. The number of aryl methyl sites for hydroxylation is 1. The third-order valence-corrected chi connectivity index (χ3v) is 7.57. The van der Waals surface area contributed by atoms with Gasteiger partial charge in [0.15, 0.2) is 0 Å². The van der Waals surface area contributed by atoms with Crippen molar-refractivity contribution >= 4 is 5.91 Å². The van der Waals surface area contributed by atoms with Crippen LogP contribution in [0.25, 0.3) is 0 Å². The van der Waals surface area contributed by atoms with Crippen LogP contribution in [-0.2, 0) is 0 Å². The molecule has 2 saturated heterocycles. The van der Waals surface area contributed by atoms with Crippen LogP contribution in [0.15, 0.2) is 54.6 Å². The van der Waals surface area contributed by atoms with Gasteiger partial charge in [-0.25, -0.2) is 0 Å². The average Bonchev–Trinajstić information content (AvgIpc) is 3.33. The van der Waals surface area contributed by atoms with Crippen LogP contribution in [-0.4, -0.2) is 41.4 Å². The van der Waals surface area contributed by atoms with Crippen molar-refractivity contribution in [1.82, 2.24) is 9.80 Å². The zero-order valence-electron chi connectivity index (χ0n) is 17.5. The molecule has 2 aromatic carbocycles. The summed E-state index contributed by atoms with van der Waals surface area (Å²) in [7, 11) is 0. The fourth-order valence-corrected chi connectivity index (χ4v) is 6.10. The molecule has 0 radical (unpaired) electrons. The summed E-state index contributed by atoms with van der Waals surface area (Å²) in [6.45, 7) is 5.39. The Labute approximate surface area is 174 Å². The number of fused-ring (bicyclic) bond motifs is 1. The molecule has 2 heterocycles. The lowest BCUT2D eigenvalue weighted by Gasteiger charge is -2.35. The lowest BCUT2D eigenvalue weighted by atomic mass is 9.87. The molecule has 0 spiro atoms. The van der Waals surface area contributed by atoms with Crippen LogP contribution in [0.5, 0.6) is 0 Å². The van der Waals surface area contributed by atoms with Gasteiger partial charge in [-0.15, -0.1) is 0 Å². The maximum atomic E-state index is 13.5. The van der Waals surface area contributed by atoms with Crippen LogP contribution in [0.2, 0.25) is 0 Å². The standard InChI is InChI=1S/C26H32N2O/c1-19-10-8-9-15-23(19)25-24-18-27(22-13-6-3-7-14-22)16-21(24)17-28(25)26(29)20-11-4-2-5-12-20/h2,4-5,8-12,15,21-22,24-25H,3,6-7,13-14,16-18H2,1H3/t21-,24-,25+/m0/s1. The van der Waals surface area contributed by atoms with Gasteiger partial charge in [0.25, 0.3) is 5.91 Å². The number of hydrogen-bond acceptors (Lipinski definition) is 2. The van der Waals surface area contributed by atoms with Crippen molar-refractivity contribution in [2.45, 2.75) is 51.1 Å². The van der Waals surface area contributed by atoms with E-state index in [0.717, 1.165) is 31.2 Å². The molecule has 152 valence electrons. The minimum atomic E-state index is 0.192. The van der Waals surface area contributed by atoms with E-state index in [1.54, 1.807) is 0 Å². The normalized spacial score (nSPS) is 27.9. The molecule has 3 nitrogen and oxygen atoms in total. The van der Waals surface area contributed by atoms with Gasteiger partial charge in [-0.05, 0) is 48.9 Å². The van der Waals surface area contributed by atoms with Gasteiger partial charge >= 0.3 is 0 Å². The van der Waals surface area contributed by atoms with Crippen LogP contribution < -0.4 is 0 Å². The number of carbonyl (C=O) groups excluding carboxylic acids is 1. The highest BCUT2D eigenvalue weighted by Gasteiger charge is 2.50. The SMILES string of the molecule is Cc1ccccc1[C@@H]1[C@H]2CN(C3CCCCC3)C[C@H]2CN1C(=O)c1ccccc1. The van der Waals surface area contributed by atoms with E-state index in [-0.39, 0.29) is 11.9 Å². The molecule has 1 aliphatic carbocycles. The van der Waals surface area contributed by atoms with Crippen LogP contribution in [0.3, 0.4) is 0 Å². The third-order valence-electron chi connectivity index (χ3n) is 7.57. The molecule has 0 bridgehead atoms. The topological polar surface area (TPSA) is 23.6 Å². The van der Waals surface area contributed by atoms with E-state index in [9.17, 15) is 4.79 Å². The lowest BCUT2D eigenvalue weighted by molar-refractivity contribution is 0.0686. The third kappa shape index (κ3) is 3.50. The van der Waals surface area contributed by atoms with Gasteiger partial charge in [-0.3, -0.25) is 9.69 Å². The van der Waals surface area contributed by atoms with E-state index in [1.807, 2.05) is 30.3 Å². The van der Waals surface area contributed by atoms with E-state index in [2.05, 4.69) is 41.0 Å². The monoisotopic (exact) mass is 388 g/mol. The number of carbonyl (C=O) groups is 1. The highest BCUT2D eigenvalue weighted by Crippen LogP contribution is 2.47. The van der Waals surface area contributed by atoms with Crippen molar-refractivity contribution in [3.8, 4) is 0 Å². The summed E-state index contributed by atoms with van der Waals surface area (Å²) in [6, 6.07) is 19.5. The molecule has 1 amide bonds. The zero-order valence-corrected chi connectivity index (χ0v) is 17.5. The summed E-state index contributed by atoms with van der Waals surface area (Å²) in [5, 5.41) is 0. The van der Waals surface area contributed by atoms with Crippen molar-refractivity contribution in [3.05, 3.63) is 71.3 Å². The number of hydrogen-bond donors (Lipinski definition) is 0. The van der Waals surface area contributed by atoms with Crippen molar-refractivity contribution in [3.63, 3.8) is 0 Å². The lowest BCUT2D eigenvalue weighted by Crippen LogP contribution is -2.40.